The number of hydrogen-bond acceptors (Lipinski definition) is 6. The van der Waals surface area contributed by atoms with Gasteiger partial charge in [0.25, 0.3) is 0 Å². The predicted octanol–water partition coefficient (Wildman–Crippen LogP) is 3.57. The Kier molecular flexibility index (Phi) is 6.62. The average Bonchev–Trinajstić information content (AvgIpc) is 3.22. The van der Waals surface area contributed by atoms with Crippen LogP contribution in [0.5, 0.6) is 0 Å². The summed E-state index contributed by atoms with van der Waals surface area (Å²) in [6.45, 7) is 7.52. The second kappa shape index (κ2) is 9.27. The van der Waals surface area contributed by atoms with E-state index in [4.69, 9.17) is 4.98 Å². The molecular formula is C23H28N4O3S2. The molecule has 1 aliphatic heterocycles. The van der Waals surface area contributed by atoms with Crippen LogP contribution in [0.1, 0.15) is 19.4 Å². The fourth-order valence-corrected chi connectivity index (χ4v) is 5.97. The van der Waals surface area contributed by atoms with Crippen LogP contribution >= 0.6 is 11.3 Å². The molecule has 0 aliphatic carbocycles. The normalized spacial score (nSPS) is 16.8. The highest BCUT2D eigenvalue weighted by atomic mass is 32.2. The van der Waals surface area contributed by atoms with Crippen molar-refractivity contribution in [3.8, 4) is 10.6 Å². The first-order valence-corrected chi connectivity index (χ1v) is 13.2. The minimum Gasteiger partial charge on any atom is -0.325 e. The third kappa shape index (κ3) is 4.85. The van der Waals surface area contributed by atoms with Gasteiger partial charge in [0.2, 0.25) is 15.9 Å². The number of sulfonamides is 1. The molecule has 1 aromatic heterocycles. The summed E-state index contributed by atoms with van der Waals surface area (Å²) in [5.74, 6) is 0.00963. The van der Waals surface area contributed by atoms with Crippen LogP contribution in [-0.4, -0.2) is 66.5 Å². The molecular weight excluding hydrogens is 444 g/mol. The molecule has 0 spiro atoms. The lowest BCUT2D eigenvalue weighted by Crippen LogP contribution is -2.54. The van der Waals surface area contributed by atoms with Crippen molar-refractivity contribution in [2.24, 2.45) is 0 Å². The van der Waals surface area contributed by atoms with Gasteiger partial charge < -0.3 is 5.32 Å². The Labute approximate surface area is 193 Å². The molecule has 1 amide bonds. The second-order valence-electron chi connectivity index (χ2n) is 8.07. The largest absolute Gasteiger partial charge is 0.325 e. The summed E-state index contributed by atoms with van der Waals surface area (Å²) in [5, 5.41) is 3.93. The first-order valence-electron chi connectivity index (χ1n) is 10.8. The van der Waals surface area contributed by atoms with E-state index in [0.717, 1.165) is 26.5 Å². The van der Waals surface area contributed by atoms with E-state index in [1.807, 2.05) is 42.2 Å². The van der Waals surface area contributed by atoms with Crippen molar-refractivity contribution in [2.75, 3.05) is 37.2 Å². The van der Waals surface area contributed by atoms with Crippen molar-refractivity contribution in [3.63, 3.8) is 0 Å². The number of rotatable bonds is 6. The number of carbonyl (C=O) groups excluding carboxylic acids is 1. The number of fused-ring (bicyclic) bond motifs is 1. The van der Waals surface area contributed by atoms with E-state index in [0.29, 0.717) is 26.2 Å². The minimum absolute atomic E-state index is 0.0972. The maximum atomic E-state index is 12.8. The molecule has 1 aliphatic rings. The number of nitrogens with one attached hydrogen (secondary N) is 1. The van der Waals surface area contributed by atoms with Gasteiger partial charge in [-0.05, 0) is 62.7 Å². The average molecular weight is 473 g/mol. The van der Waals surface area contributed by atoms with Gasteiger partial charge in [-0.3, -0.25) is 9.69 Å². The predicted molar refractivity (Wildman–Crippen MR) is 130 cm³/mol. The number of thiazole rings is 1. The van der Waals surface area contributed by atoms with E-state index < -0.39 is 10.0 Å². The third-order valence-electron chi connectivity index (χ3n) is 5.90. The molecule has 1 fully saturated rings. The SMILES string of the molecule is CCS(=O)(=O)N1CCN(C(C)C(=O)Nc2ccc(-c3nc4ccc(C)cc4s3)cc2)CC1. The van der Waals surface area contributed by atoms with Gasteiger partial charge in [0.05, 0.1) is 22.0 Å². The highest BCUT2D eigenvalue weighted by Gasteiger charge is 2.29. The van der Waals surface area contributed by atoms with Gasteiger partial charge in [-0.15, -0.1) is 11.3 Å². The molecule has 1 saturated heterocycles. The summed E-state index contributed by atoms with van der Waals surface area (Å²) < 4.78 is 26.7. The number of carbonyl (C=O) groups is 1. The molecule has 2 aromatic carbocycles. The lowest BCUT2D eigenvalue weighted by molar-refractivity contribution is -0.121. The first kappa shape index (κ1) is 22.8. The van der Waals surface area contributed by atoms with Gasteiger partial charge in [0, 0.05) is 37.4 Å². The zero-order chi connectivity index (χ0) is 22.9. The Bertz CT molecular complexity index is 1210. The zero-order valence-electron chi connectivity index (χ0n) is 18.5. The third-order valence-corrected chi connectivity index (χ3v) is 8.85. The fraction of sp³-hybridized carbons (Fsp3) is 0.391. The quantitative estimate of drug-likeness (QED) is 0.593. The van der Waals surface area contributed by atoms with Gasteiger partial charge in [-0.2, -0.15) is 4.31 Å². The van der Waals surface area contributed by atoms with Crippen LogP contribution in [0.25, 0.3) is 20.8 Å². The Morgan fingerprint density at radius 1 is 1.12 bits per heavy atom. The van der Waals surface area contributed by atoms with Crippen LogP contribution < -0.4 is 5.32 Å². The van der Waals surface area contributed by atoms with Crippen LogP contribution in [0.2, 0.25) is 0 Å². The summed E-state index contributed by atoms with van der Waals surface area (Å²) in [5.41, 5.74) is 3.96. The fourth-order valence-electron chi connectivity index (χ4n) is 3.82. The van der Waals surface area contributed by atoms with E-state index in [1.54, 1.807) is 18.3 Å². The molecule has 170 valence electrons. The van der Waals surface area contributed by atoms with E-state index in [9.17, 15) is 13.2 Å². The molecule has 2 heterocycles. The van der Waals surface area contributed by atoms with Crippen molar-refractivity contribution in [3.05, 3.63) is 48.0 Å². The Balaban J connectivity index is 1.37. The summed E-state index contributed by atoms with van der Waals surface area (Å²) >= 11 is 1.66. The monoisotopic (exact) mass is 472 g/mol. The Morgan fingerprint density at radius 2 is 1.81 bits per heavy atom. The maximum Gasteiger partial charge on any atom is 0.241 e. The smallest absolute Gasteiger partial charge is 0.241 e. The van der Waals surface area contributed by atoms with Gasteiger partial charge in [-0.1, -0.05) is 6.07 Å². The number of amides is 1. The molecule has 3 aromatic rings. The van der Waals surface area contributed by atoms with Crippen molar-refractivity contribution in [1.82, 2.24) is 14.2 Å². The summed E-state index contributed by atoms with van der Waals surface area (Å²) in [4.78, 5) is 19.5. The van der Waals surface area contributed by atoms with Gasteiger partial charge >= 0.3 is 0 Å². The van der Waals surface area contributed by atoms with E-state index >= 15 is 0 Å². The Hall–Kier alpha value is -2.33. The van der Waals surface area contributed by atoms with Crippen LogP contribution in [0, 0.1) is 6.92 Å². The maximum absolute atomic E-state index is 12.8. The number of benzene rings is 2. The number of anilines is 1. The van der Waals surface area contributed by atoms with Crippen LogP contribution in [-0.2, 0) is 14.8 Å². The lowest BCUT2D eigenvalue weighted by atomic mass is 10.2. The molecule has 32 heavy (non-hydrogen) atoms. The van der Waals surface area contributed by atoms with Crippen molar-refractivity contribution in [2.45, 2.75) is 26.8 Å². The molecule has 1 atom stereocenters. The van der Waals surface area contributed by atoms with Crippen molar-refractivity contribution in [1.29, 1.82) is 0 Å². The van der Waals surface area contributed by atoms with Crippen molar-refractivity contribution >= 4 is 43.2 Å². The van der Waals surface area contributed by atoms with E-state index in [2.05, 4.69) is 24.4 Å². The molecule has 9 heteroatoms. The second-order valence-corrected chi connectivity index (χ2v) is 11.4. The molecule has 1 N–H and O–H groups in total. The van der Waals surface area contributed by atoms with E-state index in [1.165, 1.54) is 9.87 Å². The molecule has 0 saturated carbocycles. The lowest BCUT2D eigenvalue weighted by Gasteiger charge is -2.36. The first-order chi connectivity index (χ1) is 15.3. The van der Waals surface area contributed by atoms with Crippen molar-refractivity contribution < 1.29 is 13.2 Å². The van der Waals surface area contributed by atoms with Crippen LogP contribution in [0.4, 0.5) is 5.69 Å². The molecule has 1 unspecified atom stereocenters. The summed E-state index contributed by atoms with van der Waals surface area (Å²) in [6.07, 6.45) is 0. The van der Waals surface area contributed by atoms with Gasteiger partial charge in [0.1, 0.15) is 5.01 Å². The molecule has 0 radical (unpaired) electrons. The van der Waals surface area contributed by atoms with Gasteiger partial charge in [-0.25, -0.2) is 13.4 Å². The summed E-state index contributed by atoms with van der Waals surface area (Å²) in [6, 6.07) is 13.6. The number of hydrogen-bond donors (Lipinski definition) is 1. The van der Waals surface area contributed by atoms with Gasteiger partial charge in [0.15, 0.2) is 0 Å². The standard InChI is InChI=1S/C23H28N4O3S2/c1-4-32(29,30)27-13-11-26(12-14-27)17(3)22(28)24-19-8-6-18(7-9-19)23-25-20-10-5-16(2)15-21(20)31-23/h5-10,15,17H,4,11-14H2,1-3H3,(H,24,28). The zero-order valence-corrected chi connectivity index (χ0v) is 20.2. The molecule has 4 rings (SSSR count). The number of aromatic nitrogens is 1. The Morgan fingerprint density at radius 3 is 2.47 bits per heavy atom. The molecule has 7 nitrogen and oxygen atoms in total. The topological polar surface area (TPSA) is 82.6 Å². The van der Waals surface area contributed by atoms with E-state index in [-0.39, 0.29) is 17.7 Å². The number of piperazine rings is 1. The highest BCUT2D eigenvalue weighted by molar-refractivity contribution is 7.89. The minimum atomic E-state index is -3.18. The highest BCUT2D eigenvalue weighted by Crippen LogP contribution is 2.31. The molecule has 0 bridgehead atoms. The summed E-state index contributed by atoms with van der Waals surface area (Å²) in [7, 11) is -3.18. The van der Waals surface area contributed by atoms with Crippen LogP contribution in [0.15, 0.2) is 42.5 Å². The number of nitrogens with zero attached hydrogens (tertiary/aromatic N) is 3. The van der Waals surface area contributed by atoms with Crippen LogP contribution in [0.3, 0.4) is 0 Å². The number of aryl methyl sites for hydroxylation is 1.